The Morgan fingerprint density at radius 2 is 1.89 bits per heavy atom. The molecule has 0 saturated carbocycles. The van der Waals surface area contributed by atoms with Gasteiger partial charge in [-0.2, -0.15) is 0 Å². The van der Waals surface area contributed by atoms with Gasteiger partial charge in [-0.3, -0.25) is 0 Å². The zero-order chi connectivity index (χ0) is 25.9. The summed E-state index contributed by atoms with van der Waals surface area (Å²) in [6.45, 7) is 14.5. The molecule has 37 heavy (non-hydrogen) atoms. The van der Waals surface area contributed by atoms with E-state index in [0.717, 1.165) is 52.0 Å². The van der Waals surface area contributed by atoms with E-state index in [4.69, 9.17) is 14.1 Å². The zero-order valence-corrected chi connectivity index (χ0v) is 21.8. The van der Waals surface area contributed by atoms with Crippen molar-refractivity contribution in [2.75, 3.05) is 0 Å². The van der Waals surface area contributed by atoms with Gasteiger partial charge < -0.3 is 13.7 Å². The molecule has 0 spiro atoms. The maximum atomic E-state index is 6.17. The number of ether oxygens (including phenoxy) is 1. The van der Waals surface area contributed by atoms with Gasteiger partial charge in [-0.15, -0.1) is 0 Å². The number of aryl methyl sites for hydroxylation is 1. The average Bonchev–Trinajstić information content (AvgIpc) is 3.39. The van der Waals surface area contributed by atoms with E-state index in [-0.39, 0.29) is 0 Å². The Bertz CT molecular complexity index is 1620. The number of oxazole rings is 1. The largest absolute Gasteiger partial charge is 0.458 e. The summed E-state index contributed by atoms with van der Waals surface area (Å²) in [6.07, 6.45) is 14.8. The fourth-order valence-corrected chi connectivity index (χ4v) is 4.77. The van der Waals surface area contributed by atoms with E-state index >= 15 is 0 Å². The van der Waals surface area contributed by atoms with E-state index in [1.807, 2.05) is 30.4 Å². The molecule has 2 aromatic heterocycles. The Morgan fingerprint density at radius 1 is 1.08 bits per heavy atom. The van der Waals surface area contributed by atoms with Crippen LogP contribution in [0.5, 0.6) is 0 Å². The highest BCUT2D eigenvalue weighted by atomic mass is 16.5. The van der Waals surface area contributed by atoms with Crippen LogP contribution in [0.2, 0.25) is 0 Å². The van der Waals surface area contributed by atoms with Crippen molar-refractivity contribution >= 4 is 27.7 Å². The number of fused-ring (bicyclic) bond motifs is 2. The number of nitrogens with zero attached hydrogens (tertiary/aromatic N) is 2. The first-order chi connectivity index (χ1) is 17.9. The maximum Gasteiger partial charge on any atom is 0.199 e. The number of hydrogen-bond donors (Lipinski definition) is 0. The second-order valence-corrected chi connectivity index (χ2v) is 9.34. The van der Waals surface area contributed by atoms with E-state index in [1.165, 1.54) is 16.8 Å². The Balaban J connectivity index is 1.57. The number of hydrogen-bond acceptors (Lipinski definition) is 3. The van der Waals surface area contributed by atoms with E-state index in [1.54, 1.807) is 0 Å². The molecule has 0 N–H and O–H groups in total. The Labute approximate surface area is 218 Å². The predicted molar refractivity (Wildman–Crippen MR) is 153 cm³/mol. The number of aromatic nitrogens is 2. The first kappa shape index (κ1) is 24.4. The lowest BCUT2D eigenvalue weighted by Gasteiger charge is -2.15. The summed E-state index contributed by atoms with van der Waals surface area (Å²) in [5.41, 5.74) is 8.39. The van der Waals surface area contributed by atoms with Crippen LogP contribution in [0.4, 0.5) is 0 Å². The van der Waals surface area contributed by atoms with Gasteiger partial charge in [0.2, 0.25) is 0 Å². The highest BCUT2D eigenvalue weighted by Gasteiger charge is 2.18. The molecule has 0 unspecified atom stereocenters. The normalized spacial score (nSPS) is 17.9. The smallest absolute Gasteiger partial charge is 0.199 e. The molecule has 0 radical (unpaired) electrons. The molecule has 0 bridgehead atoms. The molecule has 1 aliphatic heterocycles. The van der Waals surface area contributed by atoms with Crippen molar-refractivity contribution in [1.82, 2.24) is 9.55 Å². The van der Waals surface area contributed by atoms with Crippen molar-refractivity contribution in [2.45, 2.75) is 40.0 Å². The molecule has 2 aromatic carbocycles. The summed E-state index contributed by atoms with van der Waals surface area (Å²) < 4.78 is 14.4. The minimum Gasteiger partial charge on any atom is -0.458 e. The highest BCUT2D eigenvalue weighted by Crippen LogP contribution is 2.34. The molecule has 1 aliphatic rings. The van der Waals surface area contributed by atoms with Gasteiger partial charge in [0, 0.05) is 23.2 Å². The monoisotopic (exact) mass is 488 g/mol. The molecule has 186 valence electrons. The standard InChI is InChI=1S/C33H32N2O2/c1-6-28(19-27-17-13-8-7-10-14-22(2)36-25(27)5)35-24(4)23(3)29-20-32-30(21-31(29)35)34-33(37-32)18-26-15-11-9-12-16-26/h6,8-16,19-21H,2,5,7,17-18H2,1,3-4H3/b13-8-,14-10-,27-19-,28-6+. The van der Waals surface area contributed by atoms with E-state index in [0.29, 0.717) is 17.9 Å². The van der Waals surface area contributed by atoms with Crippen LogP contribution in [0.15, 0.2) is 114 Å². The number of rotatable bonds is 4. The summed E-state index contributed by atoms with van der Waals surface area (Å²) in [6, 6.07) is 14.5. The Morgan fingerprint density at radius 3 is 2.68 bits per heavy atom. The Hall–Kier alpha value is -4.31. The summed E-state index contributed by atoms with van der Waals surface area (Å²) >= 11 is 0. The molecule has 0 amide bonds. The van der Waals surface area contributed by atoms with E-state index < -0.39 is 0 Å². The molecular formula is C33H32N2O2. The van der Waals surface area contributed by atoms with Crippen LogP contribution >= 0.6 is 0 Å². The first-order valence-corrected chi connectivity index (χ1v) is 12.6. The van der Waals surface area contributed by atoms with Gasteiger partial charge in [-0.25, -0.2) is 4.98 Å². The SMILES string of the molecule is C=C1/C=C\C/C=C\C/C(=C/C(=C\C)n2c(C)c(C)c3cc4oc(Cc5ccccc5)nc4cc32)C(=C)O1. The van der Waals surface area contributed by atoms with Gasteiger partial charge >= 0.3 is 0 Å². The van der Waals surface area contributed by atoms with Crippen LogP contribution in [0.3, 0.4) is 0 Å². The molecule has 5 rings (SSSR count). The third kappa shape index (κ3) is 5.01. The molecule has 4 nitrogen and oxygen atoms in total. The van der Waals surface area contributed by atoms with Crippen LogP contribution in [0.25, 0.3) is 27.7 Å². The van der Waals surface area contributed by atoms with Crippen molar-refractivity contribution < 1.29 is 9.15 Å². The summed E-state index contributed by atoms with van der Waals surface area (Å²) in [7, 11) is 0. The van der Waals surface area contributed by atoms with E-state index in [2.05, 4.69) is 87.1 Å². The molecule has 0 saturated heterocycles. The zero-order valence-electron chi connectivity index (χ0n) is 21.8. The number of benzene rings is 2. The van der Waals surface area contributed by atoms with Crippen LogP contribution in [-0.2, 0) is 11.2 Å². The fourth-order valence-electron chi connectivity index (χ4n) is 4.77. The highest BCUT2D eigenvalue weighted by molar-refractivity contribution is 5.98. The van der Waals surface area contributed by atoms with Crippen LogP contribution in [-0.4, -0.2) is 9.55 Å². The Kier molecular flexibility index (Phi) is 6.82. The van der Waals surface area contributed by atoms with Crippen LogP contribution in [0, 0.1) is 13.8 Å². The van der Waals surface area contributed by atoms with Gasteiger partial charge in [0.05, 0.1) is 5.52 Å². The van der Waals surface area contributed by atoms with Gasteiger partial charge in [-0.05, 0) is 74.6 Å². The molecule has 0 fully saturated rings. The van der Waals surface area contributed by atoms with Crippen molar-refractivity contribution in [3.8, 4) is 0 Å². The number of allylic oxidation sites excluding steroid dienone is 8. The fraction of sp³-hybridized carbons (Fsp3) is 0.182. The van der Waals surface area contributed by atoms with Gasteiger partial charge in [0.15, 0.2) is 11.5 Å². The lowest BCUT2D eigenvalue weighted by Crippen LogP contribution is -2.01. The van der Waals surface area contributed by atoms with Crippen molar-refractivity contribution in [2.24, 2.45) is 0 Å². The summed E-state index contributed by atoms with van der Waals surface area (Å²) in [5.74, 6) is 1.92. The molecule has 0 atom stereocenters. The van der Waals surface area contributed by atoms with Crippen LogP contribution < -0.4 is 0 Å². The van der Waals surface area contributed by atoms with Gasteiger partial charge in [-0.1, -0.05) is 67.8 Å². The molecule has 4 heteroatoms. The molecular weight excluding hydrogens is 456 g/mol. The average molecular weight is 489 g/mol. The van der Waals surface area contributed by atoms with E-state index in [9.17, 15) is 0 Å². The topological polar surface area (TPSA) is 40.2 Å². The van der Waals surface area contributed by atoms with Gasteiger partial charge in [0.25, 0.3) is 0 Å². The minimum absolute atomic E-state index is 0.589. The second kappa shape index (κ2) is 10.4. The molecule has 4 aromatic rings. The van der Waals surface area contributed by atoms with Crippen molar-refractivity contribution in [1.29, 1.82) is 0 Å². The third-order valence-electron chi connectivity index (χ3n) is 6.84. The summed E-state index contributed by atoms with van der Waals surface area (Å²) in [4.78, 5) is 4.83. The molecule has 3 heterocycles. The predicted octanol–water partition coefficient (Wildman–Crippen LogP) is 8.73. The quantitative estimate of drug-likeness (QED) is 0.270. The summed E-state index contributed by atoms with van der Waals surface area (Å²) in [5, 5.41) is 1.16. The van der Waals surface area contributed by atoms with Crippen LogP contribution in [0.1, 0.15) is 42.5 Å². The maximum absolute atomic E-state index is 6.17. The second-order valence-electron chi connectivity index (χ2n) is 9.34. The van der Waals surface area contributed by atoms with Crippen molar-refractivity contribution in [3.63, 3.8) is 0 Å². The third-order valence-corrected chi connectivity index (χ3v) is 6.84. The lowest BCUT2D eigenvalue weighted by molar-refractivity contribution is 0.332. The first-order valence-electron chi connectivity index (χ1n) is 12.6. The molecule has 0 aliphatic carbocycles. The minimum atomic E-state index is 0.589. The van der Waals surface area contributed by atoms with Gasteiger partial charge in [0.1, 0.15) is 17.0 Å². The van der Waals surface area contributed by atoms with Crippen molar-refractivity contribution in [3.05, 3.63) is 132 Å². The lowest BCUT2D eigenvalue weighted by atomic mass is 10.1.